The van der Waals surface area contributed by atoms with Crippen molar-refractivity contribution in [1.82, 2.24) is 15.5 Å². The number of amides is 3. The van der Waals surface area contributed by atoms with Crippen LogP contribution in [-0.2, 0) is 23.9 Å². The second kappa shape index (κ2) is 9.82. The molecule has 1 saturated heterocycles. The van der Waals surface area contributed by atoms with Crippen LogP contribution in [0.5, 0.6) is 0 Å². The molecule has 192 valence electrons. The topological polar surface area (TPSA) is 114 Å². The Morgan fingerprint density at radius 3 is 2.66 bits per heavy atom. The molecule has 0 aromatic carbocycles. The van der Waals surface area contributed by atoms with Crippen molar-refractivity contribution in [3.63, 3.8) is 0 Å². The first kappa shape index (κ1) is 24.1. The first-order valence-electron chi connectivity index (χ1n) is 13.3. The summed E-state index contributed by atoms with van der Waals surface area (Å²) >= 11 is 0. The molecule has 3 aliphatic carbocycles. The number of hydrogen-bond acceptors (Lipinski definition) is 6. The number of hydrogen-bond donors (Lipinski definition) is 2. The minimum Gasteiger partial charge on any atom is -0.467 e. The number of ether oxygens (including phenoxy) is 2. The van der Waals surface area contributed by atoms with Crippen molar-refractivity contribution >= 4 is 23.9 Å². The number of rotatable bonds is 3. The second-order valence-corrected chi connectivity index (χ2v) is 11.0. The summed E-state index contributed by atoms with van der Waals surface area (Å²) in [6, 6.07) is -1.39. The van der Waals surface area contributed by atoms with Gasteiger partial charge in [-0.2, -0.15) is 0 Å². The molecular weight excluding hydrogens is 450 g/mol. The maximum Gasteiger partial charge on any atom is 0.408 e. The van der Waals surface area contributed by atoms with Gasteiger partial charge < -0.3 is 25.0 Å². The highest BCUT2D eigenvalue weighted by Gasteiger charge is 2.61. The maximum absolute atomic E-state index is 13.6. The minimum atomic E-state index is -1.05. The number of fused-ring (bicyclic) bond motifs is 3. The molecule has 0 bridgehead atoms. The fraction of sp³-hybridized carbons (Fsp3) is 0.769. The van der Waals surface area contributed by atoms with Crippen LogP contribution in [0.3, 0.4) is 0 Å². The summed E-state index contributed by atoms with van der Waals surface area (Å²) in [5, 5.41) is 5.75. The lowest BCUT2D eigenvalue weighted by molar-refractivity contribution is -0.148. The van der Waals surface area contributed by atoms with Crippen LogP contribution in [0.1, 0.15) is 70.6 Å². The van der Waals surface area contributed by atoms with Crippen LogP contribution >= 0.6 is 0 Å². The number of esters is 1. The molecule has 2 heterocycles. The highest BCUT2D eigenvalue weighted by atomic mass is 16.6. The van der Waals surface area contributed by atoms with E-state index in [1.807, 2.05) is 6.08 Å². The summed E-state index contributed by atoms with van der Waals surface area (Å²) in [7, 11) is 1.33. The van der Waals surface area contributed by atoms with Crippen LogP contribution in [0.15, 0.2) is 12.2 Å². The number of allylic oxidation sites excluding steroid dienone is 1. The Labute approximate surface area is 206 Å². The Morgan fingerprint density at radius 1 is 1.09 bits per heavy atom. The maximum atomic E-state index is 13.6. The van der Waals surface area contributed by atoms with Gasteiger partial charge in [-0.05, 0) is 69.6 Å². The molecule has 7 atom stereocenters. The summed E-state index contributed by atoms with van der Waals surface area (Å²) in [5.74, 6) is 0.267. The summed E-state index contributed by atoms with van der Waals surface area (Å²) < 4.78 is 10.6. The first-order chi connectivity index (χ1) is 16.9. The van der Waals surface area contributed by atoms with Crippen molar-refractivity contribution in [2.75, 3.05) is 13.7 Å². The molecule has 9 heteroatoms. The second-order valence-electron chi connectivity index (χ2n) is 11.0. The number of carbonyl (C=O) groups excluding carboxylic acids is 4. The monoisotopic (exact) mass is 487 g/mol. The van der Waals surface area contributed by atoms with E-state index in [2.05, 4.69) is 16.7 Å². The zero-order valence-electron chi connectivity index (χ0n) is 20.5. The van der Waals surface area contributed by atoms with E-state index in [-0.39, 0.29) is 23.8 Å². The van der Waals surface area contributed by atoms with Gasteiger partial charge in [0, 0.05) is 12.5 Å². The van der Waals surface area contributed by atoms with Crippen LogP contribution in [0, 0.1) is 17.8 Å². The summed E-state index contributed by atoms with van der Waals surface area (Å²) in [5.41, 5.74) is -1.05. The fourth-order valence-electron chi connectivity index (χ4n) is 6.33. The molecule has 5 aliphatic rings. The van der Waals surface area contributed by atoms with Crippen LogP contribution in [-0.4, -0.2) is 66.2 Å². The molecule has 9 nitrogen and oxygen atoms in total. The number of carbonyl (C=O) groups is 4. The SMILES string of the molecule is COC(=O)[C@@]12C[C@H]1/C=C\CCCCC[C@H](NC(=O)O[C@@H]1C[C@@H]3C[C@@H]3C1)C(=O)N1CCC[C@H]1C(=O)N2. The Hall–Kier alpha value is -2.58. The van der Waals surface area contributed by atoms with Crippen molar-refractivity contribution in [3.8, 4) is 0 Å². The highest BCUT2D eigenvalue weighted by Crippen LogP contribution is 2.52. The molecule has 3 amide bonds. The van der Waals surface area contributed by atoms with Crippen molar-refractivity contribution in [2.45, 2.75) is 94.4 Å². The summed E-state index contributed by atoms with van der Waals surface area (Å²) in [4.78, 5) is 53.7. The summed E-state index contributed by atoms with van der Waals surface area (Å²) in [6.45, 7) is 0.449. The van der Waals surface area contributed by atoms with Crippen LogP contribution in [0.4, 0.5) is 4.79 Å². The molecule has 0 radical (unpaired) electrons. The molecule has 0 spiro atoms. The lowest BCUT2D eigenvalue weighted by Gasteiger charge is -2.30. The number of alkyl carbamates (subject to hydrolysis) is 1. The Balaban J connectivity index is 1.29. The molecule has 5 rings (SSSR count). The molecule has 4 fully saturated rings. The highest BCUT2D eigenvalue weighted by molar-refractivity contribution is 5.96. The van der Waals surface area contributed by atoms with E-state index in [0.717, 1.165) is 38.5 Å². The molecule has 0 aromatic heterocycles. The number of nitrogens with one attached hydrogen (secondary N) is 2. The molecular formula is C26H37N3O6. The minimum absolute atomic E-state index is 0.0609. The van der Waals surface area contributed by atoms with E-state index in [4.69, 9.17) is 9.47 Å². The van der Waals surface area contributed by atoms with Gasteiger partial charge in [0.2, 0.25) is 11.8 Å². The Kier molecular flexibility index (Phi) is 6.77. The molecule has 2 N–H and O–H groups in total. The number of nitrogens with zero attached hydrogens (tertiary/aromatic N) is 1. The predicted octanol–water partition coefficient (Wildman–Crippen LogP) is 2.44. The average molecular weight is 488 g/mol. The van der Waals surface area contributed by atoms with Crippen LogP contribution < -0.4 is 10.6 Å². The van der Waals surface area contributed by atoms with E-state index in [1.165, 1.54) is 13.5 Å². The lowest BCUT2D eigenvalue weighted by Crippen LogP contribution is -2.56. The van der Waals surface area contributed by atoms with Gasteiger partial charge in [0.25, 0.3) is 0 Å². The fourth-order valence-corrected chi connectivity index (χ4v) is 6.33. The summed E-state index contributed by atoms with van der Waals surface area (Å²) in [6.07, 6.45) is 12.3. The smallest absolute Gasteiger partial charge is 0.408 e. The van der Waals surface area contributed by atoms with Crippen molar-refractivity contribution < 1.29 is 28.7 Å². The normalized spacial score (nSPS) is 39.6. The third-order valence-corrected chi connectivity index (χ3v) is 8.55. The van der Waals surface area contributed by atoms with E-state index in [1.54, 1.807) is 4.90 Å². The predicted molar refractivity (Wildman–Crippen MR) is 126 cm³/mol. The largest absolute Gasteiger partial charge is 0.467 e. The Bertz CT molecular complexity index is 896. The van der Waals surface area contributed by atoms with Gasteiger partial charge in [-0.25, -0.2) is 9.59 Å². The van der Waals surface area contributed by atoms with Gasteiger partial charge in [-0.1, -0.05) is 25.0 Å². The van der Waals surface area contributed by atoms with Crippen molar-refractivity contribution in [1.29, 1.82) is 0 Å². The van der Waals surface area contributed by atoms with Crippen LogP contribution in [0.2, 0.25) is 0 Å². The third kappa shape index (κ3) is 5.05. The van der Waals surface area contributed by atoms with Gasteiger partial charge in [-0.15, -0.1) is 0 Å². The molecule has 0 aromatic rings. The zero-order chi connectivity index (χ0) is 24.6. The lowest BCUT2D eigenvalue weighted by atomic mass is 10.0. The van der Waals surface area contributed by atoms with E-state index in [0.29, 0.717) is 44.1 Å². The van der Waals surface area contributed by atoms with E-state index in [9.17, 15) is 19.2 Å². The average Bonchev–Trinajstić information content (AvgIpc) is 3.60. The van der Waals surface area contributed by atoms with Gasteiger partial charge >= 0.3 is 12.1 Å². The molecule has 35 heavy (non-hydrogen) atoms. The van der Waals surface area contributed by atoms with Gasteiger partial charge in [-0.3, -0.25) is 9.59 Å². The zero-order valence-corrected chi connectivity index (χ0v) is 20.5. The number of methoxy groups -OCH3 is 1. The van der Waals surface area contributed by atoms with Crippen LogP contribution in [0.25, 0.3) is 0 Å². The van der Waals surface area contributed by atoms with Crippen molar-refractivity contribution in [3.05, 3.63) is 12.2 Å². The van der Waals surface area contributed by atoms with E-state index >= 15 is 0 Å². The van der Waals surface area contributed by atoms with Crippen molar-refractivity contribution in [2.24, 2.45) is 17.8 Å². The Morgan fingerprint density at radius 2 is 1.89 bits per heavy atom. The third-order valence-electron chi connectivity index (χ3n) is 8.55. The quantitative estimate of drug-likeness (QED) is 0.467. The standard InChI is InChI=1S/C26H37N3O6/c1-34-24(32)26-15-18(26)8-5-3-2-4-6-9-20(23(31)29-11-7-10-21(29)22(30)28-26)27-25(33)35-19-13-16-12-17(16)14-19/h5,8,16-21H,2-4,6-7,9-15H2,1H3,(H,27,33)(H,28,30)/b8-5-/t16-,17+,18-,19+,20+,21+,26-/m1/s1. The van der Waals surface area contributed by atoms with Gasteiger partial charge in [0.05, 0.1) is 7.11 Å². The molecule has 0 unspecified atom stereocenters. The van der Waals surface area contributed by atoms with Gasteiger partial charge in [0.15, 0.2) is 0 Å². The van der Waals surface area contributed by atoms with E-state index < -0.39 is 29.7 Å². The van der Waals surface area contributed by atoms with Gasteiger partial charge in [0.1, 0.15) is 23.7 Å². The first-order valence-corrected chi connectivity index (χ1v) is 13.3. The molecule has 2 aliphatic heterocycles. The molecule has 3 saturated carbocycles.